The number of benzene rings is 1. The zero-order chi connectivity index (χ0) is 19.2. The van der Waals surface area contributed by atoms with Gasteiger partial charge in [-0.1, -0.05) is 30.0 Å². The lowest BCUT2D eigenvalue weighted by Crippen LogP contribution is -2.24. The smallest absolute Gasteiger partial charge is 0.277 e. The highest BCUT2D eigenvalue weighted by Crippen LogP contribution is 2.17. The van der Waals surface area contributed by atoms with Crippen molar-refractivity contribution in [1.82, 2.24) is 30.5 Å². The first kappa shape index (κ1) is 18.2. The fraction of sp³-hybridized carbons (Fsp3) is 0.211. The van der Waals surface area contributed by atoms with E-state index in [1.165, 1.54) is 11.8 Å². The van der Waals surface area contributed by atoms with E-state index in [-0.39, 0.29) is 11.7 Å². The molecule has 0 spiro atoms. The van der Waals surface area contributed by atoms with E-state index < -0.39 is 0 Å². The maximum absolute atomic E-state index is 11.9. The molecule has 3 heterocycles. The van der Waals surface area contributed by atoms with Crippen LogP contribution in [0.2, 0.25) is 0 Å². The van der Waals surface area contributed by atoms with Crippen molar-refractivity contribution in [2.45, 2.75) is 24.6 Å². The average molecular weight is 394 g/mol. The number of pyridine rings is 1. The lowest BCUT2D eigenvalue weighted by Gasteiger charge is -2.03. The van der Waals surface area contributed by atoms with Gasteiger partial charge in [0.1, 0.15) is 5.82 Å². The summed E-state index contributed by atoms with van der Waals surface area (Å²) in [7, 11) is 0. The highest BCUT2D eigenvalue weighted by atomic mass is 32.2. The standard InChI is InChI=1S/C19H18N6O2S/c26-17(21-11-13-4-3-9-20-10-13)12-28-19-25-24-18(27-19)8-7-16-22-14-5-1-2-6-15(14)23-16/h1-6,9-10H,7-8,11-12H2,(H,21,26)(H,22,23). The van der Waals surface area contributed by atoms with Crippen molar-refractivity contribution in [2.75, 3.05) is 5.75 Å². The number of hydrogen-bond donors (Lipinski definition) is 2. The fourth-order valence-electron chi connectivity index (χ4n) is 2.63. The second kappa shape index (κ2) is 8.66. The molecule has 4 aromatic rings. The maximum Gasteiger partial charge on any atom is 0.277 e. The third kappa shape index (κ3) is 4.74. The molecule has 0 atom stereocenters. The number of rotatable bonds is 8. The van der Waals surface area contributed by atoms with Gasteiger partial charge in [-0.15, -0.1) is 10.2 Å². The van der Waals surface area contributed by atoms with Crippen LogP contribution in [0.4, 0.5) is 0 Å². The summed E-state index contributed by atoms with van der Waals surface area (Å²) in [6.07, 6.45) is 4.68. The summed E-state index contributed by atoms with van der Waals surface area (Å²) in [5.74, 6) is 1.52. The summed E-state index contributed by atoms with van der Waals surface area (Å²) in [5, 5.41) is 11.2. The first-order valence-electron chi connectivity index (χ1n) is 8.81. The summed E-state index contributed by atoms with van der Waals surface area (Å²) in [4.78, 5) is 23.8. The number of nitrogens with one attached hydrogen (secondary N) is 2. The van der Waals surface area contributed by atoms with Crippen LogP contribution in [0.25, 0.3) is 11.0 Å². The summed E-state index contributed by atoms with van der Waals surface area (Å²) in [5.41, 5.74) is 2.90. The van der Waals surface area contributed by atoms with Crippen molar-refractivity contribution in [2.24, 2.45) is 0 Å². The Balaban J connectivity index is 1.23. The van der Waals surface area contributed by atoms with Crippen LogP contribution < -0.4 is 5.32 Å². The van der Waals surface area contributed by atoms with Crippen LogP contribution in [-0.2, 0) is 24.2 Å². The molecular formula is C19H18N6O2S. The number of nitrogens with zero attached hydrogens (tertiary/aromatic N) is 4. The van der Waals surface area contributed by atoms with Crippen LogP contribution in [0.3, 0.4) is 0 Å². The minimum Gasteiger partial charge on any atom is -0.416 e. The van der Waals surface area contributed by atoms with Gasteiger partial charge in [0.15, 0.2) is 0 Å². The van der Waals surface area contributed by atoms with Crippen LogP contribution in [0.15, 0.2) is 58.4 Å². The van der Waals surface area contributed by atoms with Crippen LogP contribution in [0, 0.1) is 0 Å². The molecule has 0 bridgehead atoms. The monoisotopic (exact) mass is 394 g/mol. The van der Waals surface area contributed by atoms with E-state index in [9.17, 15) is 4.79 Å². The van der Waals surface area contributed by atoms with Crippen molar-refractivity contribution in [3.05, 3.63) is 66.1 Å². The molecule has 9 heteroatoms. The largest absolute Gasteiger partial charge is 0.416 e. The van der Waals surface area contributed by atoms with Gasteiger partial charge < -0.3 is 14.7 Å². The molecule has 1 aromatic carbocycles. The molecule has 3 aromatic heterocycles. The van der Waals surface area contributed by atoms with Gasteiger partial charge in [0, 0.05) is 31.8 Å². The van der Waals surface area contributed by atoms with E-state index in [0.29, 0.717) is 30.5 Å². The van der Waals surface area contributed by atoms with Crippen LogP contribution >= 0.6 is 11.8 Å². The Hall–Kier alpha value is -3.20. The van der Waals surface area contributed by atoms with Crippen LogP contribution in [0.5, 0.6) is 0 Å². The summed E-state index contributed by atoms with van der Waals surface area (Å²) >= 11 is 1.22. The number of imidazole rings is 1. The molecule has 0 saturated carbocycles. The van der Waals surface area contributed by atoms with E-state index >= 15 is 0 Å². The second-order valence-electron chi connectivity index (χ2n) is 6.09. The SMILES string of the molecule is O=C(CSc1nnc(CCc2nc3ccccc3[nH]2)o1)NCc1cccnc1. The minimum atomic E-state index is -0.101. The molecule has 0 aliphatic carbocycles. The zero-order valence-corrected chi connectivity index (χ0v) is 15.8. The minimum absolute atomic E-state index is 0.101. The van der Waals surface area contributed by atoms with Gasteiger partial charge >= 0.3 is 0 Å². The van der Waals surface area contributed by atoms with E-state index in [2.05, 4.69) is 30.5 Å². The lowest BCUT2D eigenvalue weighted by atomic mass is 10.3. The van der Waals surface area contributed by atoms with Gasteiger partial charge in [-0.3, -0.25) is 9.78 Å². The Morgan fingerprint density at radius 1 is 1.14 bits per heavy atom. The number of hydrogen-bond acceptors (Lipinski definition) is 7. The van der Waals surface area contributed by atoms with Crippen molar-refractivity contribution in [3.8, 4) is 0 Å². The normalized spacial score (nSPS) is 11.0. The predicted octanol–water partition coefficient (Wildman–Crippen LogP) is 2.53. The summed E-state index contributed by atoms with van der Waals surface area (Å²) in [6, 6.07) is 11.6. The van der Waals surface area contributed by atoms with Gasteiger partial charge in [0.05, 0.1) is 16.8 Å². The summed E-state index contributed by atoms with van der Waals surface area (Å²) < 4.78 is 5.60. The molecule has 0 aliphatic heterocycles. The van der Waals surface area contributed by atoms with Gasteiger partial charge in [0.2, 0.25) is 11.8 Å². The highest BCUT2D eigenvalue weighted by Gasteiger charge is 2.11. The number of amides is 1. The third-order valence-electron chi connectivity index (χ3n) is 4.00. The Kier molecular flexibility index (Phi) is 5.62. The maximum atomic E-state index is 11.9. The number of carbonyl (C=O) groups is 1. The van der Waals surface area contributed by atoms with Crippen LogP contribution in [0.1, 0.15) is 17.3 Å². The summed E-state index contributed by atoms with van der Waals surface area (Å²) in [6.45, 7) is 0.444. The Bertz CT molecular complexity index is 1030. The molecule has 4 rings (SSSR count). The molecule has 2 N–H and O–H groups in total. The molecule has 0 aliphatic rings. The van der Waals surface area contributed by atoms with Gasteiger partial charge in [0.25, 0.3) is 5.22 Å². The molecule has 142 valence electrons. The quantitative estimate of drug-likeness (QED) is 0.442. The van der Waals surface area contributed by atoms with Gasteiger partial charge in [-0.05, 0) is 23.8 Å². The molecular weight excluding hydrogens is 376 g/mol. The van der Waals surface area contributed by atoms with Crippen molar-refractivity contribution < 1.29 is 9.21 Å². The van der Waals surface area contributed by atoms with Gasteiger partial charge in [-0.2, -0.15) is 0 Å². The van der Waals surface area contributed by atoms with E-state index in [1.807, 2.05) is 36.4 Å². The molecule has 0 radical (unpaired) electrons. The molecule has 28 heavy (non-hydrogen) atoms. The first-order chi connectivity index (χ1) is 13.8. The predicted molar refractivity (Wildman–Crippen MR) is 105 cm³/mol. The first-order valence-corrected chi connectivity index (χ1v) is 9.79. The number of aryl methyl sites for hydroxylation is 2. The number of thioether (sulfide) groups is 1. The number of aromatic nitrogens is 5. The van der Waals surface area contributed by atoms with Crippen molar-refractivity contribution in [1.29, 1.82) is 0 Å². The van der Waals surface area contributed by atoms with Gasteiger partial charge in [-0.25, -0.2) is 4.98 Å². The Labute approximate surface area is 165 Å². The zero-order valence-electron chi connectivity index (χ0n) is 15.0. The topological polar surface area (TPSA) is 110 Å². The fourth-order valence-corrected chi connectivity index (χ4v) is 3.24. The number of H-pyrrole nitrogens is 1. The van der Waals surface area contributed by atoms with Crippen molar-refractivity contribution in [3.63, 3.8) is 0 Å². The van der Waals surface area contributed by atoms with E-state index in [4.69, 9.17) is 4.42 Å². The number of fused-ring (bicyclic) bond motifs is 1. The Morgan fingerprint density at radius 3 is 2.93 bits per heavy atom. The molecule has 0 unspecified atom stereocenters. The second-order valence-corrected chi connectivity index (χ2v) is 7.02. The molecule has 8 nitrogen and oxygen atoms in total. The number of aromatic amines is 1. The molecule has 0 fully saturated rings. The van der Waals surface area contributed by atoms with E-state index in [0.717, 1.165) is 22.4 Å². The number of carbonyl (C=O) groups excluding carboxylic acids is 1. The Morgan fingerprint density at radius 2 is 2.07 bits per heavy atom. The van der Waals surface area contributed by atoms with Crippen molar-refractivity contribution >= 4 is 28.7 Å². The van der Waals surface area contributed by atoms with Crippen LogP contribution in [-0.4, -0.2) is 36.8 Å². The average Bonchev–Trinajstić information content (AvgIpc) is 3.36. The lowest BCUT2D eigenvalue weighted by molar-refractivity contribution is -0.118. The number of para-hydroxylation sites is 2. The third-order valence-corrected chi connectivity index (χ3v) is 4.82. The molecule has 0 saturated heterocycles. The molecule has 1 amide bonds. The van der Waals surface area contributed by atoms with E-state index in [1.54, 1.807) is 12.4 Å². The highest BCUT2D eigenvalue weighted by molar-refractivity contribution is 7.99.